The number of amides is 1. The Labute approximate surface area is 123 Å². The minimum Gasteiger partial charge on any atom is -0.469 e. The molecule has 21 heavy (non-hydrogen) atoms. The molecule has 0 spiro atoms. The number of carbonyl (C=O) groups excluding carboxylic acids is 2. The fraction of sp³-hybridized carbons (Fsp3) is 0.600. The third kappa shape index (κ3) is 2.50. The van der Waals surface area contributed by atoms with E-state index in [0.29, 0.717) is 30.5 Å². The van der Waals surface area contributed by atoms with Crippen molar-refractivity contribution in [2.24, 2.45) is 11.8 Å². The molecule has 0 radical (unpaired) electrons. The first-order chi connectivity index (χ1) is 10.0. The number of carbonyl (C=O) groups is 2. The van der Waals surface area contributed by atoms with Crippen LogP contribution in [0.5, 0.6) is 0 Å². The Morgan fingerprint density at radius 3 is 2.67 bits per heavy atom. The van der Waals surface area contributed by atoms with E-state index >= 15 is 0 Å². The second-order valence-electron chi connectivity index (χ2n) is 6.11. The SMILES string of the molecule is COC(=O)C1CN(C(=O)c2cc(N)cn2C2CC2)CC1C. The first-order valence-corrected chi connectivity index (χ1v) is 7.35. The van der Waals surface area contributed by atoms with Crippen molar-refractivity contribution in [3.63, 3.8) is 0 Å². The monoisotopic (exact) mass is 291 g/mol. The zero-order valence-corrected chi connectivity index (χ0v) is 12.4. The average Bonchev–Trinajstić information content (AvgIpc) is 3.13. The quantitative estimate of drug-likeness (QED) is 0.851. The number of esters is 1. The molecule has 2 atom stereocenters. The number of hydrogen-bond acceptors (Lipinski definition) is 4. The Bertz CT molecular complexity index is 577. The third-order valence-electron chi connectivity index (χ3n) is 4.43. The molecule has 2 fully saturated rings. The minimum atomic E-state index is -0.241. The summed E-state index contributed by atoms with van der Waals surface area (Å²) >= 11 is 0. The summed E-state index contributed by atoms with van der Waals surface area (Å²) < 4.78 is 6.79. The molecule has 2 aliphatic rings. The summed E-state index contributed by atoms with van der Waals surface area (Å²) in [5, 5.41) is 0. The number of nitrogens with zero attached hydrogens (tertiary/aromatic N) is 2. The van der Waals surface area contributed by atoms with Gasteiger partial charge in [-0.05, 0) is 24.8 Å². The first-order valence-electron chi connectivity index (χ1n) is 7.35. The largest absolute Gasteiger partial charge is 0.469 e. The fourth-order valence-electron chi connectivity index (χ4n) is 3.08. The van der Waals surface area contributed by atoms with E-state index in [1.54, 1.807) is 11.0 Å². The molecule has 6 nitrogen and oxygen atoms in total. The smallest absolute Gasteiger partial charge is 0.310 e. The van der Waals surface area contributed by atoms with Crippen LogP contribution in [0, 0.1) is 11.8 Å². The van der Waals surface area contributed by atoms with Crippen molar-refractivity contribution < 1.29 is 14.3 Å². The summed E-state index contributed by atoms with van der Waals surface area (Å²) in [7, 11) is 1.39. The molecule has 6 heteroatoms. The van der Waals surface area contributed by atoms with Crippen molar-refractivity contribution in [2.45, 2.75) is 25.8 Å². The van der Waals surface area contributed by atoms with Gasteiger partial charge in [-0.1, -0.05) is 6.92 Å². The summed E-state index contributed by atoms with van der Waals surface area (Å²) in [6, 6.07) is 2.13. The van der Waals surface area contributed by atoms with E-state index in [1.807, 2.05) is 17.7 Å². The van der Waals surface area contributed by atoms with E-state index in [4.69, 9.17) is 10.5 Å². The number of hydrogen-bond donors (Lipinski definition) is 1. The lowest BCUT2D eigenvalue weighted by Gasteiger charge is -2.17. The second-order valence-corrected chi connectivity index (χ2v) is 6.11. The lowest BCUT2D eigenvalue weighted by Crippen LogP contribution is -2.31. The Hall–Kier alpha value is -1.98. The van der Waals surface area contributed by atoms with Gasteiger partial charge in [-0.25, -0.2) is 0 Å². The van der Waals surface area contributed by atoms with Crippen LogP contribution in [-0.2, 0) is 9.53 Å². The molecule has 2 N–H and O–H groups in total. The molecule has 1 saturated carbocycles. The Morgan fingerprint density at radius 1 is 1.33 bits per heavy atom. The molecule has 2 unspecified atom stereocenters. The maximum atomic E-state index is 12.7. The zero-order chi connectivity index (χ0) is 15.1. The van der Waals surface area contributed by atoms with Gasteiger partial charge < -0.3 is 19.9 Å². The van der Waals surface area contributed by atoms with E-state index in [1.165, 1.54) is 7.11 Å². The molecule has 1 aromatic rings. The van der Waals surface area contributed by atoms with Crippen LogP contribution in [0.3, 0.4) is 0 Å². The number of methoxy groups -OCH3 is 1. The lowest BCUT2D eigenvalue weighted by atomic mass is 9.99. The maximum absolute atomic E-state index is 12.7. The van der Waals surface area contributed by atoms with E-state index in [2.05, 4.69) is 0 Å². The van der Waals surface area contributed by atoms with Gasteiger partial charge in [0.05, 0.1) is 18.7 Å². The van der Waals surface area contributed by atoms with Crippen molar-refractivity contribution in [3.05, 3.63) is 18.0 Å². The number of nitrogen functional groups attached to an aromatic ring is 1. The number of anilines is 1. The predicted molar refractivity (Wildman–Crippen MR) is 77.7 cm³/mol. The number of nitrogens with two attached hydrogens (primary N) is 1. The van der Waals surface area contributed by atoms with Gasteiger partial charge in [-0.2, -0.15) is 0 Å². The average molecular weight is 291 g/mol. The number of rotatable bonds is 3. The summed E-state index contributed by atoms with van der Waals surface area (Å²) in [4.78, 5) is 26.2. The van der Waals surface area contributed by atoms with Crippen LogP contribution in [-0.4, -0.2) is 41.5 Å². The molecule has 1 aromatic heterocycles. The molecule has 1 aliphatic heterocycles. The topological polar surface area (TPSA) is 77.6 Å². The summed E-state index contributed by atoms with van der Waals surface area (Å²) in [5.41, 5.74) is 7.09. The Kier molecular flexibility index (Phi) is 3.39. The molecule has 0 bridgehead atoms. The lowest BCUT2D eigenvalue weighted by molar-refractivity contribution is -0.146. The standard InChI is InChI=1S/C15H21N3O3/c1-9-6-17(8-12(9)15(20)21-2)14(19)13-5-10(16)7-18(13)11-3-4-11/h5,7,9,11-12H,3-4,6,8,16H2,1-2H3. The van der Waals surface area contributed by atoms with Gasteiger partial charge in [0.1, 0.15) is 5.69 Å². The highest BCUT2D eigenvalue weighted by atomic mass is 16.5. The molecular weight excluding hydrogens is 270 g/mol. The van der Waals surface area contributed by atoms with Crippen LogP contribution in [0.25, 0.3) is 0 Å². The molecule has 1 saturated heterocycles. The van der Waals surface area contributed by atoms with Gasteiger partial charge >= 0.3 is 5.97 Å². The highest BCUT2D eigenvalue weighted by Crippen LogP contribution is 2.38. The molecule has 1 aliphatic carbocycles. The third-order valence-corrected chi connectivity index (χ3v) is 4.43. The Morgan fingerprint density at radius 2 is 2.05 bits per heavy atom. The predicted octanol–water partition coefficient (Wildman–Crippen LogP) is 1.29. The van der Waals surface area contributed by atoms with Crippen LogP contribution in [0.15, 0.2) is 12.3 Å². The van der Waals surface area contributed by atoms with Crippen LogP contribution in [0.1, 0.15) is 36.3 Å². The summed E-state index contributed by atoms with van der Waals surface area (Å²) in [6.45, 7) is 2.97. The normalized spacial score (nSPS) is 25.1. The summed E-state index contributed by atoms with van der Waals surface area (Å²) in [6.07, 6.45) is 4.02. The van der Waals surface area contributed by atoms with E-state index < -0.39 is 0 Å². The van der Waals surface area contributed by atoms with Crippen molar-refractivity contribution >= 4 is 17.6 Å². The van der Waals surface area contributed by atoms with Crippen molar-refractivity contribution in [1.29, 1.82) is 0 Å². The van der Waals surface area contributed by atoms with Gasteiger partial charge in [0.2, 0.25) is 0 Å². The molecule has 0 aromatic carbocycles. The van der Waals surface area contributed by atoms with E-state index in [-0.39, 0.29) is 23.7 Å². The van der Waals surface area contributed by atoms with Gasteiger partial charge in [0.25, 0.3) is 5.91 Å². The Balaban J connectivity index is 1.79. The van der Waals surface area contributed by atoms with Crippen LogP contribution >= 0.6 is 0 Å². The van der Waals surface area contributed by atoms with Crippen LogP contribution < -0.4 is 5.73 Å². The zero-order valence-electron chi connectivity index (χ0n) is 12.4. The first kappa shape index (κ1) is 14.0. The van der Waals surface area contributed by atoms with Crippen LogP contribution in [0.2, 0.25) is 0 Å². The van der Waals surface area contributed by atoms with E-state index in [0.717, 1.165) is 12.8 Å². The molecular formula is C15H21N3O3. The van der Waals surface area contributed by atoms with Crippen molar-refractivity contribution in [3.8, 4) is 0 Å². The van der Waals surface area contributed by atoms with Gasteiger partial charge in [-0.15, -0.1) is 0 Å². The number of likely N-dealkylation sites (tertiary alicyclic amines) is 1. The minimum absolute atomic E-state index is 0.0446. The molecule has 1 amide bonds. The maximum Gasteiger partial charge on any atom is 0.310 e. The molecule has 114 valence electrons. The van der Waals surface area contributed by atoms with Crippen LogP contribution in [0.4, 0.5) is 5.69 Å². The highest BCUT2D eigenvalue weighted by Gasteiger charge is 2.39. The van der Waals surface area contributed by atoms with E-state index in [9.17, 15) is 9.59 Å². The number of aromatic nitrogens is 1. The van der Waals surface area contributed by atoms with Crippen molar-refractivity contribution in [1.82, 2.24) is 9.47 Å². The van der Waals surface area contributed by atoms with Gasteiger partial charge in [0.15, 0.2) is 0 Å². The van der Waals surface area contributed by atoms with Gasteiger partial charge in [-0.3, -0.25) is 9.59 Å². The fourth-order valence-corrected chi connectivity index (χ4v) is 3.08. The number of ether oxygens (including phenoxy) is 1. The highest BCUT2D eigenvalue weighted by molar-refractivity contribution is 5.94. The second kappa shape index (κ2) is 5.09. The van der Waals surface area contributed by atoms with Crippen molar-refractivity contribution in [2.75, 3.05) is 25.9 Å². The molecule has 2 heterocycles. The molecule has 3 rings (SSSR count). The van der Waals surface area contributed by atoms with Gasteiger partial charge in [0, 0.05) is 25.3 Å². The summed E-state index contributed by atoms with van der Waals surface area (Å²) in [5.74, 6) is -0.407.